The molecule has 0 N–H and O–H groups in total. The number of hydrogen-bond acceptors (Lipinski definition) is 6. The van der Waals surface area contributed by atoms with Crippen molar-refractivity contribution in [3.8, 4) is 34.5 Å². The maximum atomic E-state index is 7.25. The molecular weight excluding hydrogens is 1070 g/mol. The van der Waals surface area contributed by atoms with Gasteiger partial charge in [0.15, 0.2) is 0 Å². The molecule has 0 atom stereocenters. The summed E-state index contributed by atoms with van der Waals surface area (Å²) in [6, 6.07) is 29.0. The Kier molecular flexibility index (Phi) is 20.7. The summed E-state index contributed by atoms with van der Waals surface area (Å²) in [5.74, 6) is 6.41. The average molecular weight is 1180 g/mol. The zero-order valence-electron chi connectivity index (χ0n) is 59.5. The van der Waals surface area contributed by atoms with Crippen LogP contribution in [-0.4, -0.2) is 41.2 Å². The van der Waals surface area contributed by atoms with Crippen molar-refractivity contribution < 1.29 is 28.4 Å². The molecule has 6 nitrogen and oxygen atoms in total. The Hall–Kier alpha value is -5.88. The van der Waals surface area contributed by atoms with Crippen LogP contribution in [0.5, 0.6) is 34.5 Å². The Morgan fingerprint density at radius 2 is 0.368 bits per heavy atom. The van der Waals surface area contributed by atoms with E-state index >= 15 is 0 Å². The summed E-state index contributed by atoms with van der Waals surface area (Å²) in [7, 11) is 5.56. The Balaban J connectivity index is 1.71. The molecule has 6 aromatic rings. The molecule has 1 aliphatic carbocycles. The van der Waals surface area contributed by atoms with Crippen LogP contribution in [0.2, 0.25) is 0 Å². The van der Waals surface area contributed by atoms with E-state index in [0.29, 0.717) is 76.1 Å². The fraction of sp³-hybridized carbons (Fsp3) is 0.556. The van der Waals surface area contributed by atoms with Crippen molar-refractivity contribution in [3.63, 3.8) is 0 Å². The first-order valence-corrected chi connectivity index (χ1v) is 32.7. The quantitative estimate of drug-likeness (QED) is 0.122. The van der Waals surface area contributed by atoms with Gasteiger partial charge in [-0.2, -0.15) is 0 Å². The molecule has 87 heavy (non-hydrogen) atoms. The van der Waals surface area contributed by atoms with Gasteiger partial charge in [-0.3, -0.25) is 0 Å². The van der Waals surface area contributed by atoms with Crippen LogP contribution < -0.4 is 28.4 Å². The standard InChI is InChI=1S/C81H114O6/c1-49(2)46-85-73-58-28-52-34-64(76(7,8)9)36-54(70(52)82-25)30-60-42-68(80(19,20)21)44-62(74(60)86-47-50(3)4)32-56-38-66(78(13,14)15)39-57(72(56)84-27)33-63-45-69(81(22,23)24)43-61(75(63)87-48-51(5)6)31-55-37-65(77(10,11)12)35-53(71(55)83-26)29-59(73)41-67(40-58)79(16,17)18/h34-45,49-51H,28-33,46-48H2,1-27H3. The molecule has 7 rings (SSSR count). The van der Waals surface area contributed by atoms with Gasteiger partial charge in [0.1, 0.15) is 34.5 Å². The molecule has 0 spiro atoms. The van der Waals surface area contributed by atoms with Gasteiger partial charge in [-0.1, -0.05) is 239 Å². The molecule has 0 radical (unpaired) electrons. The molecule has 0 unspecified atom stereocenters. The number of fused-ring (bicyclic) bond motifs is 12. The van der Waals surface area contributed by atoms with Crippen LogP contribution in [0.15, 0.2) is 72.8 Å². The smallest absolute Gasteiger partial charge is 0.126 e. The average Bonchev–Trinajstić information content (AvgIpc) is 1.36. The van der Waals surface area contributed by atoms with E-state index in [0.717, 1.165) is 101 Å². The molecule has 6 aromatic carbocycles. The molecule has 12 bridgehead atoms. The van der Waals surface area contributed by atoms with Gasteiger partial charge in [0, 0.05) is 38.5 Å². The normalized spacial score (nSPS) is 13.9. The molecule has 0 fully saturated rings. The first-order valence-electron chi connectivity index (χ1n) is 32.7. The number of hydrogen-bond donors (Lipinski definition) is 0. The van der Waals surface area contributed by atoms with E-state index in [-0.39, 0.29) is 32.5 Å². The maximum Gasteiger partial charge on any atom is 0.126 e. The second-order valence-electron chi connectivity index (χ2n) is 33.0. The predicted molar refractivity (Wildman–Crippen MR) is 368 cm³/mol. The lowest BCUT2D eigenvalue weighted by Gasteiger charge is -2.29. The highest BCUT2D eigenvalue weighted by Gasteiger charge is 2.31. The summed E-state index contributed by atoms with van der Waals surface area (Å²) < 4.78 is 42.1. The molecule has 0 aliphatic heterocycles. The lowest BCUT2D eigenvalue weighted by Crippen LogP contribution is -2.18. The highest BCUT2D eigenvalue weighted by atomic mass is 16.5. The minimum absolute atomic E-state index is 0.169. The van der Waals surface area contributed by atoms with Crippen LogP contribution in [0.1, 0.15) is 266 Å². The molecule has 1 aliphatic rings. The number of rotatable bonds is 12. The third kappa shape index (κ3) is 16.7. The fourth-order valence-corrected chi connectivity index (χ4v) is 12.0. The zero-order valence-corrected chi connectivity index (χ0v) is 59.5. The Bertz CT molecular complexity index is 2890. The van der Waals surface area contributed by atoms with E-state index in [2.05, 4.69) is 239 Å². The second kappa shape index (κ2) is 26.3. The van der Waals surface area contributed by atoms with Gasteiger partial charge in [0.25, 0.3) is 0 Å². The first kappa shape index (κ1) is 68.6. The lowest BCUT2D eigenvalue weighted by molar-refractivity contribution is 0.266. The summed E-state index contributed by atoms with van der Waals surface area (Å²) in [6.07, 6.45) is 3.65. The fourth-order valence-electron chi connectivity index (χ4n) is 12.0. The number of benzene rings is 6. The topological polar surface area (TPSA) is 55.4 Å². The Morgan fingerprint density at radius 3 is 0.471 bits per heavy atom. The Labute approximate surface area is 529 Å². The van der Waals surface area contributed by atoms with Crippen LogP contribution in [0.4, 0.5) is 0 Å². The van der Waals surface area contributed by atoms with Crippen LogP contribution in [0.25, 0.3) is 0 Å². The van der Waals surface area contributed by atoms with Crippen LogP contribution >= 0.6 is 0 Å². The second-order valence-corrected chi connectivity index (χ2v) is 33.0. The SMILES string of the molecule is COc1c2cc(C(C)(C)C)cc1Cc1cc(C(C)(C)C)cc(c1OCC(C)C)Cc1cc(C(C)(C)C)cc(c1OC)Cc1cc(C(C)(C)C)cc(c1OCC(C)C)Cc1cc(C(C)(C)C)cc(c1OC)Cc1cc(C(C)(C)C)cc(c1OCC(C)C)C2. The van der Waals surface area contributed by atoms with Crippen LogP contribution in [0.3, 0.4) is 0 Å². The first-order chi connectivity index (χ1) is 40.2. The lowest BCUT2D eigenvalue weighted by atomic mass is 9.79. The van der Waals surface area contributed by atoms with E-state index < -0.39 is 0 Å². The van der Waals surface area contributed by atoms with Crippen molar-refractivity contribution in [1.82, 2.24) is 0 Å². The maximum absolute atomic E-state index is 7.25. The van der Waals surface area contributed by atoms with Crippen molar-refractivity contribution in [2.45, 2.75) is 237 Å². The molecule has 474 valence electrons. The van der Waals surface area contributed by atoms with Crippen LogP contribution in [-0.2, 0) is 71.0 Å². The highest BCUT2D eigenvalue weighted by Crippen LogP contribution is 2.46. The van der Waals surface area contributed by atoms with Gasteiger partial charge in [-0.25, -0.2) is 0 Å². The van der Waals surface area contributed by atoms with E-state index in [1.807, 2.05) is 21.3 Å². The summed E-state index contributed by atoms with van der Waals surface area (Å²) in [5.41, 5.74) is 20.2. The third-order valence-electron chi connectivity index (χ3n) is 17.2. The summed E-state index contributed by atoms with van der Waals surface area (Å²) in [4.78, 5) is 0. The van der Waals surface area contributed by atoms with Gasteiger partial charge in [-0.05, 0) is 150 Å². The molecule has 0 saturated carbocycles. The van der Waals surface area contributed by atoms with E-state index in [1.54, 1.807) is 0 Å². The number of ether oxygens (including phenoxy) is 6. The van der Waals surface area contributed by atoms with Gasteiger partial charge >= 0.3 is 0 Å². The molecule has 0 amide bonds. The van der Waals surface area contributed by atoms with Gasteiger partial charge in [-0.15, -0.1) is 0 Å². The molecule has 0 heterocycles. The molecule has 6 heteroatoms. The van der Waals surface area contributed by atoms with Crippen LogP contribution in [0, 0.1) is 17.8 Å². The molecule has 0 saturated heterocycles. The van der Waals surface area contributed by atoms with Crippen molar-refractivity contribution in [2.75, 3.05) is 41.2 Å². The van der Waals surface area contributed by atoms with E-state index in [4.69, 9.17) is 28.4 Å². The monoisotopic (exact) mass is 1180 g/mol. The van der Waals surface area contributed by atoms with Gasteiger partial charge in [0.2, 0.25) is 0 Å². The van der Waals surface area contributed by atoms with Gasteiger partial charge < -0.3 is 28.4 Å². The number of methoxy groups -OCH3 is 3. The summed E-state index contributed by atoms with van der Waals surface area (Å²) >= 11 is 0. The highest BCUT2D eigenvalue weighted by molar-refractivity contribution is 5.61. The van der Waals surface area contributed by atoms with Crippen molar-refractivity contribution >= 4 is 0 Å². The van der Waals surface area contributed by atoms with Crippen molar-refractivity contribution in [3.05, 3.63) is 173 Å². The molecule has 0 aromatic heterocycles. The van der Waals surface area contributed by atoms with Gasteiger partial charge in [0.05, 0.1) is 41.2 Å². The van der Waals surface area contributed by atoms with E-state index in [1.165, 1.54) is 33.4 Å². The third-order valence-corrected chi connectivity index (χ3v) is 17.2. The summed E-state index contributed by atoms with van der Waals surface area (Å²) in [5, 5.41) is 0. The predicted octanol–water partition coefficient (Wildman–Crippen LogP) is 20.5. The largest absolute Gasteiger partial charge is 0.496 e. The minimum atomic E-state index is -0.170. The summed E-state index contributed by atoms with van der Waals surface area (Å²) in [6.45, 7) is 57.1. The molecular formula is C81H114O6. The minimum Gasteiger partial charge on any atom is -0.496 e. The van der Waals surface area contributed by atoms with Crippen molar-refractivity contribution in [2.24, 2.45) is 17.8 Å². The van der Waals surface area contributed by atoms with Crippen molar-refractivity contribution in [1.29, 1.82) is 0 Å². The Morgan fingerprint density at radius 1 is 0.241 bits per heavy atom. The zero-order chi connectivity index (χ0) is 64.7. The van der Waals surface area contributed by atoms with E-state index in [9.17, 15) is 0 Å².